The average molecular weight is 792 g/mol. The highest BCUT2D eigenvalue weighted by Crippen LogP contribution is 2.38. The predicted octanol–water partition coefficient (Wildman–Crippen LogP) is 3.33. The Morgan fingerprint density at radius 3 is 1.98 bits per heavy atom. The fourth-order valence-electron chi connectivity index (χ4n) is 7.73. The van der Waals surface area contributed by atoms with E-state index in [-0.39, 0.29) is 42.8 Å². The van der Waals surface area contributed by atoms with Gasteiger partial charge in [-0.15, -0.1) is 0 Å². The summed E-state index contributed by atoms with van der Waals surface area (Å²) in [6, 6.07) is -3.00. The molecular weight excluding hydrogens is 722 g/mol. The normalized spacial score (nSPS) is 20.8. The van der Waals surface area contributed by atoms with Gasteiger partial charge in [-0.25, -0.2) is 4.79 Å². The highest BCUT2D eigenvalue weighted by atomic mass is 16.6. The number of hydrogen-bond acceptors (Lipinski definition) is 10. The third-order valence-corrected chi connectivity index (χ3v) is 10.7. The minimum atomic E-state index is -1.26. The lowest BCUT2D eigenvalue weighted by molar-refractivity contribution is -0.162. The van der Waals surface area contributed by atoms with Crippen molar-refractivity contribution in [2.24, 2.45) is 29.4 Å². The van der Waals surface area contributed by atoms with Crippen molar-refractivity contribution >= 4 is 47.1 Å². The zero-order valence-corrected chi connectivity index (χ0v) is 34.8. The van der Waals surface area contributed by atoms with Crippen LogP contribution in [0, 0.1) is 23.7 Å². The molecule has 5 amide bonds. The van der Waals surface area contributed by atoms with Crippen LogP contribution in [0.25, 0.3) is 0 Å². The molecule has 0 bridgehead atoms. The topological polar surface area (TPSA) is 229 Å². The van der Waals surface area contributed by atoms with Gasteiger partial charge in [0.05, 0.1) is 30.7 Å². The Morgan fingerprint density at radius 1 is 0.768 bits per heavy atom. The quantitative estimate of drug-likeness (QED) is 0.0708. The van der Waals surface area contributed by atoms with Crippen LogP contribution in [0.1, 0.15) is 145 Å². The summed E-state index contributed by atoms with van der Waals surface area (Å²) in [5.41, 5.74) is 4.65. The predicted molar refractivity (Wildman–Crippen MR) is 210 cm³/mol. The lowest BCUT2D eigenvalue weighted by Crippen LogP contribution is -2.54. The van der Waals surface area contributed by atoms with Crippen molar-refractivity contribution in [2.75, 3.05) is 13.2 Å². The third-order valence-electron chi connectivity index (χ3n) is 10.7. The van der Waals surface area contributed by atoms with Crippen molar-refractivity contribution in [3.05, 3.63) is 0 Å². The standard InChI is InChI=1S/C41H69N5O10/c1-8-12-20-31(37(42)51)44-32(47)23-43-40(54)36(50)30(17-10-3)45-39(53)29-22-27(55-24-33(48)56-41(5,6)7)21-28(29)35(49)34(26-18-14-13-15-19-26)46-38(52)25(11-4)16-9-2/h25-31,34H,8-24H2,1-7H3,(H2,42,51)(H,43,54)(H,44,47)(H,45,53)(H,46,52)/t25?,27-,28?,29+,30?,31?,34?/m0/s1. The van der Waals surface area contributed by atoms with Crippen molar-refractivity contribution in [1.82, 2.24) is 21.3 Å². The number of carbonyl (C=O) groups excluding carboxylic acids is 8. The number of ketones is 2. The molecule has 7 atom stereocenters. The number of esters is 1. The molecule has 2 aliphatic rings. The Labute approximate surface area is 332 Å². The van der Waals surface area contributed by atoms with Crippen LogP contribution < -0.4 is 27.0 Å². The number of unbranched alkanes of at least 4 members (excludes halogenated alkanes) is 1. The minimum absolute atomic E-state index is 0.0578. The molecule has 0 aromatic carbocycles. The number of amides is 5. The molecule has 0 aliphatic heterocycles. The van der Waals surface area contributed by atoms with E-state index in [1.165, 1.54) is 0 Å². The van der Waals surface area contributed by atoms with Crippen LogP contribution in [0.2, 0.25) is 0 Å². The monoisotopic (exact) mass is 792 g/mol. The van der Waals surface area contributed by atoms with E-state index in [2.05, 4.69) is 21.3 Å². The third kappa shape index (κ3) is 15.9. The Morgan fingerprint density at radius 2 is 1.41 bits per heavy atom. The molecule has 2 saturated carbocycles. The minimum Gasteiger partial charge on any atom is -0.458 e. The lowest BCUT2D eigenvalue weighted by atomic mass is 9.77. The van der Waals surface area contributed by atoms with Crippen LogP contribution in [0.4, 0.5) is 0 Å². The molecule has 2 fully saturated rings. The van der Waals surface area contributed by atoms with Gasteiger partial charge >= 0.3 is 5.97 Å². The van der Waals surface area contributed by atoms with Crippen LogP contribution in [0.5, 0.6) is 0 Å². The van der Waals surface area contributed by atoms with Gasteiger partial charge < -0.3 is 36.5 Å². The molecule has 318 valence electrons. The summed E-state index contributed by atoms with van der Waals surface area (Å²) in [5.74, 6) is -7.43. The molecule has 0 spiro atoms. The zero-order chi connectivity index (χ0) is 42.0. The second-order valence-corrected chi connectivity index (χ2v) is 16.4. The lowest BCUT2D eigenvalue weighted by Gasteiger charge is -2.33. The number of nitrogens with one attached hydrogen (secondary N) is 4. The Bertz CT molecular complexity index is 1360. The zero-order valence-electron chi connectivity index (χ0n) is 34.8. The molecule has 0 heterocycles. The van der Waals surface area contributed by atoms with E-state index in [0.717, 1.165) is 44.9 Å². The van der Waals surface area contributed by atoms with Crippen molar-refractivity contribution in [1.29, 1.82) is 0 Å². The summed E-state index contributed by atoms with van der Waals surface area (Å²) in [6.45, 7) is 11.9. The largest absolute Gasteiger partial charge is 0.458 e. The summed E-state index contributed by atoms with van der Waals surface area (Å²) in [5, 5.41) is 10.5. The molecule has 0 aromatic heterocycles. The van der Waals surface area contributed by atoms with Crippen molar-refractivity contribution in [3.8, 4) is 0 Å². The van der Waals surface area contributed by atoms with Gasteiger partial charge in [0.15, 0.2) is 5.78 Å². The van der Waals surface area contributed by atoms with Gasteiger partial charge in [0.1, 0.15) is 18.2 Å². The highest BCUT2D eigenvalue weighted by molar-refractivity contribution is 6.38. The number of hydrogen-bond donors (Lipinski definition) is 5. The molecule has 2 aliphatic carbocycles. The summed E-state index contributed by atoms with van der Waals surface area (Å²) in [4.78, 5) is 106. The first-order valence-corrected chi connectivity index (χ1v) is 20.8. The van der Waals surface area contributed by atoms with Gasteiger partial charge in [0.2, 0.25) is 29.4 Å². The maximum Gasteiger partial charge on any atom is 0.332 e. The molecule has 0 radical (unpaired) electrons. The molecule has 0 saturated heterocycles. The second-order valence-electron chi connectivity index (χ2n) is 16.4. The van der Waals surface area contributed by atoms with Gasteiger partial charge in [-0.05, 0) is 78.1 Å². The first-order valence-electron chi connectivity index (χ1n) is 20.8. The van der Waals surface area contributed by atoms with Crippen LogP contribution in [0.15, 0.2) is 0 Å². The number of Topliss-reactive ketones (excluding diaryl/α,β-unsaturated/α-hetero) is 2. The fourth-order valence-corrected chi connectivity index (χ4v) is 7.73. The summed E-state index contributed by atoms with van der Waals surface area (Å²) in [6.07, 6.45) is 8.27. The van der Waals surface area contributed by atoms with Gasteiger partial charge in [-0.2, -0.15) is 0 Å². The van der Waals surface area contributed by atoms with Gasteiger partial charge in [-0.3, -0.25) is 33.6 Å². The van der Waals surface area contributed by atoms with Gasteiger partial charge in [0, 0.05) is 11.8 Å². The van der Waals surface area contributed by atoms with Crippen molar-refractivity contribution in [3.63, 3.8) is 0 Å². The van der Waals surface area contributed by atoms with Crippen LogP contribution in [-0.2, 0) is 47.8 Å². The van der Waals surface area contributed by atoms with E-state index in [9.17, 15) is 38.4 Å². The van der Waals surface area contributed by atoms with E-state index < -0.39 is 90.2 Å². The molecule has 5 unspecified atom stereocenters. The molecule has 0 aromatic rings. The second kappa shape index (κ2) is 24.0. The number of nitrogens with two attached hydrogens (primary N) is 1. The van der Waals surface area contributed by atoms with Gasteiger partial charge in [-0.1, -0.05) is 72.6 Å². The summed E-state index contributed by atoms with van der Waals surface area (Å²) >= 11 is 0. The van der Waals surface area contributed by atoms with E-state index >= 15 is 0 Å². The maximum absolute atomic E-state index is 14.7. The number of ether oxygens (including phenoxy) is 2. The first-order chi connectivity index (χ1) is 26.5. The van der Waals surface area contributed by atoms with E-state index in [4.69, 9.17) is 15.2 Å². The average Bonchev–Trinajstić information content (AvgIpc) is 3.59. The van der Waals surface area contributed by atoms with E-state index in [1.54, 1.807) is 27.7 Å². The molecule has 15 heteroatoms. The smallest absolute Gasteiger partial charge is 0.332 e. The van der Waals surface area contributed by atoms with Crippen LogP contribution >= 0.6 is 0 Å². The van der Waals surface area contributed by atoms with Crippen LogP contribution in [0.3, 0.4) is 0 Å². The number of rotatable bonds is 24. The van der Waals surface area contributed by atoms with Gasteiger partial charge in [0.25, 0.3) is 5.91 Å². The SMILES string of the molecule is CCCCC(NC(=O)CNC(=O)C(=O)C(CCC)NC(=O)[C@@H]1C[C@@H](OCC(=O)OC(C)(C)C)CC1C(=O)C(NC(=O)C(CC)CCC)C1CCCCC1)C(N)=O. The Balaban J connectivity index is 2.32. The molecule has 6 N–H and O–H groups in total. The Kier molecular flexibility index (Phi) is 20.7. The molecular formula is C41H69N5O10. The Hall–Kier alpha value is -3.88. The van der Waals surface area contributed by atoms with Crippen LogP contribution in [-0.4, -0.2) is 90.1 Å². The highest BCUT2D eigenvalue weighted by Gasteiger charge is 2.48. The van der Waals surface area contributed by atoms with Crippen molar-refractivity contribution in [2.45, 2.75) is 175 Å². The summed E-state index contributed by atoms with van der Waals surface area (Å²) in [7, 11) is 0. The van der Waals surface area contributed by atoms with Crippen molar-refractivity contribution < 1.29 is 47.8 Å². The number of primary amides is 1. The maximum atomic E-state index is 14.7. The number of carbonyl (C=O) groups is 8. The summed E-state index contributed by atoms with van der Waals surface area (Å²) < 4.78 is 11.3. The molecule has 15 nitrogen and oxygen atoms in total. The van der Waals surface area contributed by atoms with E-state index in [0.29, 0.717) is 32.1 Å². The molecule has 56 heavy (non-hydrogen) atoms. The first kappa shape index (κ1) is 48.3. The fraction of sp³-hybridized carbons (Fsp3) is 0.805. The van der Waals surface area contributed by atoms with E-state index in [1.807, 2.05) is 20.8 Å². The molecule has 2 rings (SSSR count).